The van der Waals surface area contributed by atoms with Gasteiger partial charge in [0.25, 0.3) is 0 Å². The average Bonchev–Trinajstić information content (AvgIpc) is 2.26. The summed E-state index contributed by atoms with van der Waals surface area (Å²) in [6, 6.07) is 6.67. The molecule has 0 amide bonds. The van der Waals surface area contributed by atoms with Gasteiger partial charge in [-0.1, -0.05) is 26.0 Å². The van der Waals surface area contributed by atoms with Gasteiger partial charge < -0.3 is 11.1 Å². The molecule has 0 saturated heterocycles. The van der Waals surface area contributed by atoms with Crippen LogP contribution in [0.15, 0.2) is 18.2 Å². The molecule has 90 valence electrons. The van der Waals surface area contributed by atoms with Crippen molar-refractivity contribution in [2.24, 2.45) is 5.73 Å². The lowest BCUT2D eigenvalue weighted by Gasteiger charge is -2.13. The van der Waals surface area contributed by atoms with Crippen LogP contribution in [0.2, 0.25) is 0 Å². The minimum atomic E-state index is 0.588. The Labute approximate surface area is 99.2 Å². The summed E-state index contributed by atoms with van der Waals surface area (Å²) < 4.78 is 0. The predicted octanol–water partition coefficient (Wildman–Crippen LogP) is 3.27. The molecule has 2 heteroatoms. The molecule has 16 heavy (non-hydrogen) atoms. The van der Waals surface area contributed by atoms with Gasteiger partial charge >= 0.3 is 0 Å². The van der Waals surface area contributed by atoms with Crippen LogP contribution < -0.4 is 11.1 Å². The summed E-state index contributed by atoms with van der Waals surface area (Å²) in [5.41, 5.74) is 9.45. The molecule has 0 bridgehead atoms. The van der Waals surface area contributed by atoms with Crippen LogP contribution in [0.1, 0.15) is 43.7 Å². The van der Waals surface area contributed by atoms with Crippen LogP contribution in [0.25, 0.3) is 0 Å². The number of aryl methyl sites for hydroxylation is 1. The Hall–Kier alpha value is -1.02. The molecular formula is C14H24N2. The molecule has 3 N–H and O–H groups in total. The molecule has 0 aliphatic rings. The second-order valence-corrected chi connectivity index (χ2v) is 4.65. The highest BCUT2D eigenvalue weighted by atomic mass is 14.9. The maximum Gasteiger partial charge on any atom is 0.0372 e. The molecule has 0 unspecified atom stereocenters. The third kappa shape index (κ3) is 3.86. The fourth-order valence-corrected chi connectivity index (χ4v) is 1.68. The largest absolute Gasteiger partial charge is 0.385 e. The van der Waals surface area contributed by atoms with Gasteiger partial charge in [-0.25, -0.2) is 0 Å². The fraction of sp³-hybridized carbons (Fsp3) is 0.571. The third-order valence-electron chi connectivity index (χ3n) is 2.87. The normalized spacial score (nSPS) is 10.8. The van der Waals surface area contributed by atoms with E-state index in [2.05, 4.69) is 44.3 Å². The van der Waals surface area contributed by atoms with Crippen LogP contribution in [0.5, 0.6) is 0 Å². The maximum atomic E-state index is 5.47. The Bertz CT molecular complexity index is 319. The first-order valence-electron chi connectivity index (χ1n) is 6.19. The lowest BCUT2D eigenvalue weighted by Crippen LogP contribution is -2.07. The molecule has 1 rings (SSSR count). The Balaban J connectivity index is 2.60. The van der Waals surface area contributed by atoms with Crippen molar-refractivity contribution >= 4 is 5.69 Å². The summed E-state index contributed by atoms with van der Waals surface area (Å²) in [6.45, 7) is 8.40. The van der Waals surface area contributed by atoms with E-state index in [1.807, 2.05) is 0 Å². The van der Waals surface area contributed by atoms with Crippen molar-refractivity contribution in [3.63, 3.8) is 0 Å². The monoisotopic (exact) mass is 220 g/mol. The number of hydrogen-bond donors (Lipinski definition) is 2. The van der Waals surface area contributed by atoms with Crippen LogP contribution >= 0.6 is 0 Å². The number of nitrogens with two attached hydrogens (primary N) is 1. The highest BCUT2D eigenvalue weighted by Crippen LogP contribution is 2.22. The summed E-state index contributed by atoms with van der Waals surface area (Å²) in [6.07, 6.45) is 2.23. The summed E-state index contributed by atoms with van der Waals surface area (Å²) >= 11 is 0. The van der Waals surface area contributed by atoms with E-state index in [0.29, 0.717) is 5.92 Å². The summed E-state index contributed by atoms with van der Waals surface area (Å²) in [4.78, 5) is 0. The van der Waals surface area contributed by atoms with Crippen LogP contribution in [-0.2, 0) is 0 Å². The first kappa shape index (κ1) is 13.0. The van der Waals surface area contributed by atoms with E-state index >= 15 is 0 Å². The SMILES string of the molecule is Cc1ccc(C(C)C)cc1NCCCCN. The van der Waals surface area contributed by atoms with Gasteiger partial charge in [0.15, 0.2) is 0 Å². The number of nitrogens with one attached hydrogen (secondary N) is 1. The molecule has 0 radical (unpaired) electrons. The van der Waals surface area contributed by atoms with E-state index in [4.69, 9.17) is 5.73 Å². The average molecular weight is 220 g/mol. The van der Waals surface area contributed by atoms with E-state index in [1.54, 1.807) is 0 Å². The number of anilines is 1. The molecule has 0 atom stereocenters. The van der Waals surface area contributed by atoms with Gasteiger partial charge in [-0.2, -0.15) is 0 Å². The molecular weight excluding hydrogens is 196 g/mol. The summed E-state index contributed by atoms with van der Waals surface area (Å²) in [5.74, 6) is 0.588. The first-order chi connectivity index (χ1) is 7.65. The summed E-state index contributed by atoms with van der Waals surface area (Å²) in [7, 11) is 0. The van der Waals surface area contributed by atoms with Gasteiger partial charge in [0.05, 0.1) is 0 Å². The number of rotatable bonds is 6. The molecule has 0 spiro atoms. The molecule has 0 heterocycles. The minimum Gasteiger partial charge on any atom is -0.385 e. The van der Waals surface area contributed by atoms with Gasteiger partial charge in [0.2, 0.25) is 0 Å². The molecule has 0 saturated carbocycles. The van der Waals surface area contributed by atoms with E-state index in [9.17, 15) is 0 Å². The van der Waals surface area contributed by atoms with Crippen LogP contribution in [0, 0.1) is 6.92 Å². The highest BCUT2D eigenvalue weighted by Gasteiger charge is 2.02. The van der Waals surface area contributed by atoms with E-state index in [1.165, 1.54) is 16.8 Å². The number of benzene rings is 1. The lowest BCUT2D eigenvalue weighted by molar-refractivity contribution is 0.773. The second-order valence-electron chi connectivity index (χ2n) is 4.65. The van der Waals surface area contributed by atoms with Gasteiger partial charge in [-0.05, 0) is 49.4 Å². The Morgan fingerprint density at radius 3 is 2.62 bits per heavy atom. The molecule has 2 nitrogen and oxygen atoms in total. The van der Waals surface area contributed by atoms with Crippen LogP contribution in [0.4, 0.5) is 5.69 Å². The number of hydrogen-bond acceptors (Lipinski definition) is 2. The zero-order valence-electron chi connectivity index (χ0n) is 10.7. The Kier molecular flexibility index (Phi) is 5.33. The van der Waals surface area contributed by atoms with Crippen molar-refractivity contribution in [1.29, 1.82) is 0 Å². The van der Waals surface area contributed by atoms with Crippen molar-refractivity contribution < 1.29 is 0 Å². The third-order valence-corrected chi connectivity index (χ3v) is 2.87. The van der Waals surface area contributed by atoms with E-state index in [-0.39, 0.29) is 0 Å². The van der Waals surface area contributed by atoms with Crippen molar-refractivity contribution in [1.82, 2.24) is 0 Å². The van der Waals surface area contributed by atoms with E-state index in [0.717, 1.165) is 25.9 Å². The molecule has 1 aromatic rings. The van der Waals surface area contributed by atoms with E-state index < -0.39 is 0 Å². The molecule has 0 fully saturated rings. The maximum absolute atomic E-state index is 5.47. The summed E-state index contributed by atoms with van der Waals surface area (Å²) in [5, 5.41) is 3.49. The van der Waals surface area contributed by atoms with Crippen LogP contribution in [0.3, 0.4) is 0 Å². The Morgan fingerprint density at radius 2 is 2.00 bits per heavy atom. The van der Waals surface area contributed by atoms with Gasteiger partial charge in [0.1, 0.15) is 0 Å². The minimum absolute atomic E-state index is 0.588. The van der Waals surface area contributed by atoms with Crippen molar-refractivity contribution in [3.05, 3.63) is 29.3 Å². The molecule has 1 aromatic carbocycles. The van der Waals surface area contributed by atoms with Crippen molar-refractivity contribution in [2.45, 2.75) is 39.5 Å². The van der Waals surface area contributed by atoms with Crippen LogP contribution in [-0.4, -0.2) is 13.1 Å². The Morgan fingerprint density at radius 1 is 1.25 bits per heavy atom. The first-order valence-corrected chi connectivity index (χ1v) is 6.19. The standard InChI is InChI=1S/C14H24N2/c1-11(2)13-7-6-12(3)14(10-13)16-9-5-4-8-15/h6-7,10-11,16H,4-5,8-9,15H2,1-3H3. The molecule has 0 aromatic heterocycles. The fourth-order valence-electron chi connectivity index (χ4n) is 1.68. The second kappa shape index (κ2) is 6.54. The smallest absolute Gasteiger partial charge is 0.0372 e. The van der Waals surface area contributed by atoms with Crippen molar-refractivity contribution in [2.75, 3.05) is 18.4 Å². The lowest BCUT2D eigenvalue weighted by atomic mass is 10.0. The highest BCUT2D eigenvalue weighted by molar-refractivity contribution is 5.53. The van der Waals surface area contributed by atoms with Gasteiger partial charge in [0, 0.05) is 12.2 Å². The molecule has 0 aliphatic heterocycles. The van der Waals surface area contributed by atoms with Gasteiger partial charge in [-0.3, -0.25) is 0 Å². The topological polar surface area (TPSA) is 38.0 Å². The van der Waals surface area contributed by atoms with Crippen molar-refractivity contribution in [3.8, 4) is 0 Å². The number of unbranched alkanes of at least 4 members (excludes halogenated alkanes) is 1. The predicted molar refractivity (Wildman–Crippen MR) is 72.0 cm³/mol. The van der Waals surface area contributed by atoms with Gasteiger partial charge in [-0.15, -0.1) is 0 Å². The quantitative estimate of drug-likeness (QED) is 0.722. The zero-order chi connectivity index (χ0) is 12.0. The zero-order valence-corrected chi connectivity index (χ0v) is 10.7. The molecule has 0 aliphatic carbocycles.